The van der Waals surface area contributed by atoms with E-state index in [9.17, 15) is 39.6 Å². The summed E-state index contributed by atoms with van der Waals surface area (Å²) in [6.45, 7) is 0. The van der Waals surface area contributed by atoms with E-state index in [2.05, 4.69) is 0 Å². The Bertz CT molecular complexity index is 1320. The molecular weight excluding hydrogens is 540 g/mol. The molecule has 0 heterocycles. The number of rotatable bonds is 12. The monoisotopic (exact) mass is 560 g/mol. The van der Waals surface area contributed by atoms with E-state index in [4.69, 9.17) is 18.9 Å². The summed E-state index contributed by atoms with van der Waals surface area (Å²) in [6, 6.07) is 20.5. The third-order valence-corrected chi connectivity index (χ3v) is 5.38. The van der Waals surface area contributed by atoms with E-state index in [0.29, 0.717) is 0 Å². The van der Waals surface area contributed by atoms with E-state index >= 15 is 0 Å². The van der Waals surface area contributed by atoms with Crippen molar-refractivity contribution in [3.05, 3.63) is 119 Å². The van der Waals surface area contributed by atoms with Crippen LogP contribution in [0.15, 0.2) is 97.1 Å². The molecule has 0 spiro atoms. The lowest BCUT2D eigenvalue weighted by molar-refractivity contribution is -0.367. The maximum absolute atomic E-state index is 11.3. The van der Waals surface area contributed by atoms with Crippen molar-refractivity contribution in [2.75, 3.05) is 0 Å². The van der Waals surface area contributed by atoms with Crippen molar-refractivity contribution in [2.24, 2.45) is 0 Å². The molecule has 0 aliphatic carbocycles. The van der Waals surface area contributed by atoms with Gasteiger partial charge in [-0.1, -0.05) is 0 Å². The zero-order valence-electron chi connectivity index (χ0n) is 20.8. The fraction of sp³-hybridized carbons (Fsp3) is 0.0345. The Morgan fingerprint density at radius 2 is 0.537 bits per heavy atom. The van der Waals surface area contributed by atoms with E-state index < -0.39 is 30.0 Å². The Hall–Kier alpha value is -6.04. The molecule has 12 nitrogen and oxygen atoms in total. The van der Waals surface area contributed by atoms with Crippen molar-refractivity contribution >= 4 is 23.9 Å². The minimum absolute atomic E-state index is 0.0152. The lowest BCUT2D eigenvalue weighted by atomic mass is 10.2. The molecule has 0 aliphatic heterocycles. The van der Waals surface area contributed by atoms with Gasteiger partial charge in [0, 0.05) is 0 Å². The largest absolute Gasteiger partial charge is 0.611 e. The lowest BCUT2D eigenvalue weighted by Gasteiger charge is -2.32. The maximum atomic E-state index is 11.3. The second-order valence-corrected chi connectivity index (χ2v) is 8.23. The Morgan fingerprint density at radius 3 is 0.683 bits per heavy atom. The zero-order chi connectivity index (χ0) is 29.6. The van der Waals surface area contributed by atoms with Crippen LogP contribution in [0.2, 0.25) is 0 Å². The van der Waals surface area contributed by atoms with E-state index in [1.807, 2.05) is 0 Å². The summed E-state index contributed by atoms with van der Waals surface area (Å²) in [5.74, 6) is -4.65. The van der Waals surface area contributed by atoms with Crippen LogP contribution >= 0.6 is 0 Å². The summed E-state index contributed by atoms with van der Waals surface area (Å²) in [5, 5.41) is 36.9. The molecule has 12 heteroatoms. The third kappa shape index (κ3) is 7.09. The average molecular weight is 560 g/mol. The molecule has 0 saturated heterocycles. The lowest BCUT2D eigenvalue weighted by Crippen LogP contribution is -2.53. The van der Waals surface area contributed by atoms with Gasteiger partial charge >= 0.3 is 30.0 Å². The smallest absolute Gasteiger partial charge is 0.478 e. The molecule has 208 valence electrons. The van der Waals surface area contributed by atoms with Crippen molar-refractivity contribution in [3.8, 4) is 23.0 Å². The number of benzene rings is 4. The summed E-state index contributed by atoms with van der Waals surface area (Å²) in [7, 11) is 0. The normalized spacial score (nSPS) is 10.7. The molecule has 0 fully saturated rings. The van der Waals surface area contributed by atoms with E-state index in [1.165, 1.54) is 97.1 Å². The van der Waals surface area contributed by atoms with Gasteiger partial charge in [-0.3, -0.25) is 0 Å². The molecule has 0 amide bonds. The van der Waals surface area contributed by atoms with Gasteiger partial charge in [0.05, 0.1) is 22.3 Å². The number of carboxylic acids is 4. The SMILES string of the molecule is O=C(O)c1ccc(OC(Oc2ccc(C(=O)O)cc2)(Oc2ccc(C(=O)O)cc2)Oc2ccc(C(=O)O)cc2)cc1. The Balaban J connectivity index is 1.80. The van der Waals surface area contributed by atoms with Crippen LogP contribution in [0.1, 0.15) is 41.4 Å². The molecule has 0 aliphatic rings. The second-order valence-electron chi connectivity index (χ2n) is 8.23. The van der Waals surface area contributed by atoms with Gasteiger partial charge in [0.15, 0.2) is 0 Å². The van der Waals surface area contributed by atoms with Crippen molar-refractivity contribution < 1.29 is 58.6 Å². The van der Waals surface area contributed by atoms with Crippen LogP contribution in [0.5, 0.6) is 23.0 Å². The van der Waals surface area contributed by atoms with Gasteiger partial charge in [0.2, 0.25) is 0 Å². The molecule has 4 aromatic carbocycles. The molecule has 0 aromatic heterocycles. The number of carboxylic acid groups (broad SMARTS) is 4. The van der Waals surface area contributed by atoms with Crippen molar-refractivity contribution in [3.63, 3.8) is 0 Å². The number of carbonyl (C=O) groups is 4. The predicted octanol–water partition coefficient (Wildman–Crippen LogP) is 4.71. The van der Waals surface area contributed by atoms with E-state index in [0.717, 1.165) is 0 Å². The van der Waals surface area contributed by atoms with Crippen LogP contribution < -0.4 is 18.9 Å². The maximum Gasteiger partial charge on any atom is 0.611 e. The Kier molecular flexibility index (Phi) is 8.04. The zero-order valence-corrected chi connectivity index (χ0v) is 20.8. The first kappa shape index (κ1) is 28.0. The topological polar surface area (TPSA) is 186 Å². The first-order valence-electron chi connectivity index (χ1n) is 11.6. The number of ether oxygens (including phenoxy) is 4. The van der Waals surface area contributed by atoms with Crippen LogP contribution in [-0.2, 0) is 0 Å². The third-order valence-electron chi connectivity index (χ3n) is 5.38. The van der Waals surface area contributed by atoms with E-state index in [1.54, 1.807) is 0 Å². The average Bonchev–Trinajstić information content (AvgIpc) is 2.94. The molecule has 4 N–H and O–H groups in total. The van der Waals surface area contributed by atoms with Gasteiger partial charge in [0.25, 0.3) is 0 Å². The van der Waals surface area contributed by atoms with Crippen molar-refractivity contribution in [2.45, 2.75) is 6.16 Å². The molecule has 0 radical (unpaired) electrons. The Labute approximate surface area is 231 Å². The van der Waals surface area contributed by atoms with Crippen LogP contribution in [-0.4, -0.2) is 50.5 Å². The predicted molar refractivity (Wildman–Crippen MR) is 139 cm³/mol. The highest BCUT2D eigenvalue weighted by atomic mass is 17.0. The van der Waals surface area contributed by atoms with Gasteiger partial charge in [-0.15, -0.1) is 0 Å². The van der Waals surface area contributed by atoms with E-state index in [-0.39, 0.29) is 45.3 Å². The fourth-order valence-corrected chi connectivity index (χ4v) is 3.36. The first-order chi connectivity index (χ1) is 19.5. The summed E-state index contributed by atoms with van der Waals surface area (Å²) < 4.78 is 23.9. The highest BCUT2D eigenvalue weighted by Gasteiger charge is 2.44. The number of aromatic carboxylic acids is 4. The van der Waals surface area contributed by atoms with Crippen LogP contribution in [0.3, 0.4) is 0 Å². The molecule has 0 bridgehead atoms. The standard InChI is InChI=1S/C29H20O12/c30-25(31)17-1-9-21(10-2-17)38-29(39-22-11-3-18(4-12-22)26(32)33,40-23-13-5-19(6-14-23)27(34)35)41-24-15-7-20(8-16-24)28(36)37/h1-16H,(H,30,31)(H,32,33)(H,34,35)(H,36,37). The minimum atomic E-state index is -2.54. The molecule has 0 atom stereocenters. The van der Waals surface area contributed by atoms with Gasteiger partial charge < -0.3 is 39.4 Å². The second kappa shape index (κ2) is 11.8. The molecule has 0 unspecified atom stereocenters. The quantitative estimate of drug-likeness (QED) is 0.175. The minimum Gasteiger partial charge on any atom is -0.478 e. The van der Waals surface area contributed by atoms with Crippen LogP contribution in [0.4, 0.5) is 0 Å². The van der Waals surface area contributed by atoms with Crippen molar-refractivity contribution in [1.82, 2.24) is 0 Å². The molecular formula is C29H20O12. The van der Waals surface area contributed by atoms with Crippen LogP contribution in [0, 0.1) is 0 Å². The van der Waals surface area contributed by atoms with Crippen LogP contribution in [0.25, 0.3) is 0 Å². The van der Waals surface area contributed by atoms with Gasteiger partial charge in [-0.05, 0) is 97.1 Å². The van der Waals surface area contributed by atoms with Gasteiger partial charge in [0.1, 0.15) is 23.0 Å². The first-order valence-corrected chi connectivity index (χ1v) is 11.6. The van der Waals surface area contributed by atoms with Gasteiger partial charge in [-0.2, -0.15) is 0 Å². The summed E-state index contributed by atoms with van der Waals surface area (Å²) in [5.41, 5.74) is -0.154. The van der Waals surface area contributed by atoms with Gasteiger partial charge in [-0.25, -0.2) is 19.2 Å². The highest BCUT2D eigenvalue weighted by molar-refractivity contribution is 5.89. The summed E-state index contributed by atoms with van der Waals surface area (Å²) in [6.07, 6.45) is -2.54. The molecule has 4 rings (SSSR count). The van der Waals surface area contributed by atoms with Crippen molar-refractivity contribution in [1.29, 1.82) is 0 Å². The Morgan fingerprint density at radius 1 is 0.366 bits per heavy atom. The summed E-state index contributed by atoms with van der Waals surface area (Å²) >= 11 is 0. The highest BCUT2D eigenvalue weighted by Crippen LogP contribution is 2.31. The molecule has 41 heavy (non-hydrogen) atoms. The molecule has 4 aromatic rings. The fourth-order valence-electron chi connectivity index (χ4n) is 3.36. The number of hydrogen-bond acceptors (Lipinski definition) is 8. The number of hydrogen-bond donors (Lipinski definition) is 4. The summed E-state index contributed by atoms with van der Waals surface area (Å²) in [4.78, 5) is 45.2. The molecule has 0 saturated carbocycles.